The summed E-state index contributed by atoms with van der Waals surface area (Å²) in [4.78, 5) is 0. The Kier molecular flexibility index (Phi) is 5.35. The summed E-state index contributed by atoms with van der Waals surface area (Å²) in [5.41, 5.74) is 0. The van der Waals surface area contributed by atoms with Crippen molar-refractivity contribution in [3.05, 3.63) is 0 Å². The summed E-state index contributed by atoms with van der Waals surface area (Å²) in [6.45, 7) is 6.52. The molecule has 1 aliphatic heterocycles. The molecule has 0 saturated carbocycles. The molecule has 1 saturated heterocycles. The summed E-state index contributed by atoms with van der Waals surface area (Å²) >= 11 is 0. The van der Waals surface area contributed by atoms with Gasteiger partial charge in [0.15, 0.2) is 6.29 Å². The van der Waals surface area contributed by atoms with Gasteiger partial charge in [-0.1, -0.05) is 13.3 Å². The SMILES string of the molecule is CCCCOCC[C@@H]1OC[C@H](C)O1. The largest absolute Gasteiger partial charge is 0.381 e. The Balaban J connectivity index is 1.88. The van der Waals surface area contributed by atoms with Gasteiger partial charge in [0.2, 0.25) is 0 Å². The summed E-state index contributed by atoms with van der Waals surface area (Å²) in [5.74, 6) is 0. The Labute approximate surface area is 80.4 Å². The lowest BCUT2D eigenvalue weighted by Crippen LogP contribution is -2.12. The fourth-order valence-corrected chi connectivity index (χ4v) is 1.26. The highest BCUT2D eigenvalue weighted by molar-refractivity contribution is 4.59. The van der Waals surface area contributed by atoms with Crippen LogP contribution in [0.5, 0.6) is 0 Å². The van der Waals surface area contributed by atoms with Crippen LogP contribution in [0.3, 0.4) is 0 Å². The number of hydrogen-bond donors (Lipinski definition) is 0. The second-order valence-corrected chi connectivity index (χ2v) is 3.46. The standard InChI is InChI=1S/C10H20O3/c1-3-4-6-11-7-5-10-12-8-9(2)13-10/h9-10H,3-8H2,1-2H3/t9-,10+/m0/s1. The van der Waals surface area contributed by atoms with E-state index < -0.39 is 0 Å². The third kappa shape index (κ3) is 4.60. The molecule has 3 heteroatoms. The van der Waals surface area contributed by atoms with Crippen molar-refractivity contribution < 1.29 is 14.2 Å². The Morgan fingerprint density at radius 1 is 1.38 bits per heavy atom. The van der Waals surface area contributed by atoms with E-state index in [1.807, 2.05) is 6.92 Å². The summed E-state index contributed by atoms with van der Waals surface area (Å²) in [7, 11) is 0. The van der Waals surface area contributed by atoms with Crippen LogP contribution in [0, 0.1) is 0 Å². The zero-order valence-corrected chi connectivity index (χ0v) is 8.62. The van der Waals surface area contributed by atoms with Gasteiger partial charge in [0.05, 0.1) is 19.3 Å². The van der Waals surface area contributed by atoms with Crippen molar-refractivity contribution in [3.63, 3.8) is 0 Å². The van der Waals surface area contributed by atoms with Crippen molar-refractivity contribution in [2.75, 3.05) is 19.8 Å². The minimum Gasteiger partial charge on any atom is -0.381 e. The van der Waals surface area contributed by atoms with E-state index in [2.05, 4.69) is 6.92 Å². The third-order valence-electron chi connectivity index (χ3n) is 2.04. The van der Waals surface area contributed by atoms with Gasteiger partial charge in [-0.05, 0) is 13.3 Å². The molecule has 3 nitrogen and oxygen atoms in total. The molecule has 0 radical (unpaired) electrons. The van der Waals surface area contributed by atoms with E-state index in [-0.39, 0.29) is 12.4 Å². The highest BCUT2D eigenvalue weighted by atomic mass is 16.7. The molecular formula is C10H20O3. The quantitative estimate of drug-likeness (QED) is 0.596. The van der Waals surface area contributed by atoms with Crippen LogP contribution in [-0.2, 0) is 14.2 Å². The van der Waals surface area contributed by atoms with Crippen molar-refractivity contribution in [1.29, 1.82) is 0 Å². The van der Waals surface area contributed by atoms with Gasteiger partial charge in [-0.15, -0.1) is 0 Å². The molecule has 0 N–H and O–H groups in total. The number of ether oxygens (including phenoxy) is 3. The lowest BCUT2D eigenvalue weighted by Gasteiger charge is -2.09. The molecule has 0 spiro atoms. The molecule has 1 aliphatic rings. The summed E-state index contributed by atoms with van der Waals surface area (Å²) in [5, 5.41) is 0. The monoisotopic (exact) mass is 188 g/mol. The van der Waals surface area contributed by atoms with Crippen molar-refractivity contribution in [3.8, 4) is 0 Å². The van der Waals surface area contributed by atoms with E-state index in [1.165, 1.54) is 6.42 Å². The van der Waals surface area contributed by atoms with Crippen LogP contribution >= 0.6 is 0 Å². The fourth-order valence-electron chi connectivity index (χ4n) is 1.26. The Morgan fingerprint density at radius 3 is 2.85 bits per heavy atom. The van der Waals surface area contributed by atoms with Gasteiger partial charge in [-0.25, -0.2) is 0 Å². The van der Waals surface area contributed by atoms with E-state index in [0.29, 0.717) is 0 Å². The van der Waals surface area contributed by atoms with E-state index in [9.17, 15) is 0 Å². The molecule has 78 valence electrons. The maximum atomic E-state index is 5.47. The highest BCUT2D eigenvalue weighted by Gasteiger charge is 2.21. The van der Waals surface area contributed by atoms with Crippen LogP contribution in [-0.4, -0.2) is 32.2 Å². The van der Waals surface area contributed by atoms with Gasteiger partial charge in [-0.2, -0.15) is 0 Å². The second kappa shape index (κ2) is 6.35. The molecule has 2 atom stereocenters. The molecule has 13 heavy (non-hydrogen) atoms. The van der Waals surface area contributed by atoms with Crippen LogP contribution in [0.2, 0.25) is 0 Å². The van der Waals surface area contributed by atoms with Crippen molar-refractivity contribution in [2.45, 2.75) is 45.5 Å². The average molecular weight is 188 g/mol. The Morgan fingerprint density at radius 2 is 2.23 bits per heavy atom. The predicted octanol–water partition coefficient (Wildman–Crippen LogP) is 1.95. The van der Waals surface area contributed by atoms with Gasteiger partial charge in [0.1, 0.15) is 0 Å². The number of unbranched alkanes of at least 4 members (excludes halogenated alkanes) is 1. The lowest BCUT2D eigenvalue weighted by atomic mass is 10.4. The molecule has 0 unspecified atom stereocenters. The first-order chi connectivity index (χ1) is 6.33. The van der Waals surface area contributed by atoms with E-state index in [0.717, 1.165) is 32.7 Å². The van der Waals surface area contributed by atoms with Crippen LogP contribution in [0.4, 0.5) is 0 Å². The van der Waals surface area contributed by atoms with E-state index in [4.69, 9.17) is 14.2 Å². The molecule has 1 rings (SSSR count). The molecule has 0 amide bonds. The van der Waals surface area contributed by atoms with E-state index in [1.54, 1.807) is 0 Å². The van der Waals surface area contributed by atoms with E-state index >= 15 is 0 Å². The van der Waals surface area contributed by atoms with Gasteiger partial charge in [0, 0.05) is 13.0 Å². The van der Waals surface area contributed by atoms with Crippen LogP contribution in [0.15, 0.2) is 0 Å². The van der Waals surface area contributed by atoms with Gasteiger partial charge in [0.25, 0.3) is 0 Å². The minimum absolute atomic E-state index is 0.0309. The maximum Gasteiger partial charge on any atom is 0.160 e. The minimum atomic E-state index is -0.0309. The van der Waals surface area contributed by atoms with Crippen LogP contribution in [0.1, 0.15) is 33.1 Å². The van der Waals surface area contributed by atoms with Crippen molar-refractivity contribution in [2.24, 2.45) is 0 Å². The fraction of sp³-hybridized carbons (Fsp3) is 1.00. The molecule has 1 fully saturated rings. The van der Waals surface area contributed by atoms with Gasteiger partial charge in [-0.3, -0.25) is 0 Å². The van der Waals surface area contributed by atoms with Crippen LogP contribution < -0.4 is 0 Å². The molecule has 0 aliphatic carbocycles. The first kappa shape index (κ1) is 11.0. The maximum absolute atomic E-state index is 5.47. The molecule has 0 aromatic heterocycles. The first-order valence-electron chi connectivity index (χ1n) is 5.17. The van der Waals surface area contributed by atoms with Crippen molar-refractivity contribution in [1.82, 2.24) is 0 Å². The average Bonchev–Trinajstić information content (AvgIpc) is 2.51. The second-order valence-electron chi connectivity index (χ2n) is 3.46. The Hall–Kier alpha value is -0.120. The lowest BCUT2D eigenvalue weighted by molar-refractivity contribution is -0.0727. The summed E-state index contributed by atoms with van der Waals surface area (Å²) in [6.07, 6.45) is 3.40. The van der Waals surface area contributed by atoms with Gasteiger partial charge < -0.3 is 14.2 Å². The molecule has 1 heterocycles. The molecular weight excluding hydrogens is 168 g/mol. The summed E-state index contributed by atoms with van der Waals surface area (Å²) < 4.78 is 16.2. The highest BCUT2D eigenvalue weighted by Crippen LogP contribution is 2.13. The van der Waals surface area contributed by atoms with Crippen LogP contribution in [0.25, 0.3) is 0 Å². The number of hydrogen-bond acceptors (Lipinski definition) is 3. The molecule has 0 bridgehead atoms. The first-order valence-corrected chi connectivity index (χ1v) is 5.17. The van der Waals surface area contributed by atoms with Gasteiger partial charge >= 0.3 is 0 Å². The number of rotatable bonds is 6. The smallest absolute Gasteiger partial charge is 0.160 e. The molecule has 0 aromatic rings. The predicted molar refractivity (Wildman–Crippen MR) is 50.6 cm³/mol. The zero-order chi connectivity index (χ0) is 9.52. The third-order valence-corrected chi connectivity index (χ3v) is 2.04. The summed E-state index contributed by atoms with van der Waals surface area (Å²) in [6, 6.07) is 0. The molecule has 0 aromatic carbocycles. The normalized spacial score (nSPS) is 28.2. The topological polar surface area (TPSA) is 27.7 Å². The van der Waals surface area contributed by atoms with Crippen molar-refractivity contribution >= 4 is 0 Å². The Bertz CT molecular complexity index is 127. The zero-order valence-electron chi connectivity index (χ0n) is 8.62.